The van der Waals surface area contributed by atoms with Crippen molar-refractivity contribution in [3.63, 3.8) is 0 Å². The number of sulfonamides is 1. The van der Waals surface area contributed by atoms with Gasteiger partial charge in [-0.05, 0) is 76.9 Å². The van der Waals surface area contributed by atoms with Gasteiger partial charge in [0.15, 0.2) is 0 Å². The fourth-order valence-corrected chi connectivity index (χ4v) is 4.24. The van der Waals surface area contributed by atoms with E-state index in [0.29, 0.717) is 30.4 Å². The number of hydrogen-bond acceptors (Lipinski definition) is 5. The highest BCUT2D eigenvalue weighted by Gasteiger charge is 2.26. The lowest BCUT2D eigenvalue weighted by Crippen LogP contribution is -2.42. The molecule has 7 nitrogen and oxygen atoms in total. The van der Waals surface area contributed by atoms with Gasteiger partial charge in [-0.15, -0.1) is 12.4 Å². The first-order valence-corrected chi connectivity index (χ1v) is 11.1. The highest BCUT2D eigenvalue weighted by Crippen LogP contribution is 2.21. The molecule has 0 aromatic heterocycles. The summed E-state index contributed by atoms with van der Waals surface area (Å²) in [4.78, 5) is 14.0. The average molecular weight is 434 g/mol. The molecule has 2 N–H and O–H groups in total. The minimum atomic E-state index is -3.74. The summed E-state index contributed by atoms with van der Waals surface area (Å²) < 4.78 is 32.6. The molecule has 1 aliphatic rings. The normalized spacial score (nSPS) is 15.2. The highest BCUT2D eigenvalue weighted by molar-refractivity contribution is 7.93. The van der Waals surface area contributed by atoms with Crippen molar-refractivity contribution in [2.75, 3.05) is 37.2 Å². The van der Waals surface area contributed by atoms with E-state index in [4.69, 9.17) is 4.74 Å². The van der Waals surface area contributed by atoms with Crippen molar-refractivity contribution in [3.8, 4) is 5.75 Å². The Labute approximate surface area is 174 Å². The average Bonchev–Trinajstić information content (AvgIpc) is 2.61. The first-order valence-electron chi connectivity index (χ1n) is 9.48. The predicted octanol–water partition coefficient (Wildman–Crippen LogP) is 2.49. The lowest BCUT2D eigenvalue weighted by molar-refractivity contribution is -0.129. The van der Waals surface area contributed by atoms with Gasteiger partial charge in [0.05, 0.1) is 6.10 Å². The summed E-state index contributed by atoms with van der Waals surface area (Å²) in [5, 5.41) is 3.14. The molecule has 1 fully saturated rings. The van der Waals surface area contributed by atoms with E-state index in [9.17, 15) is 13.2 Å². The van der Waals surface area contributed by atoms with Crippen LogP contribution in [0.5, 0.6) is 5.75 Å². The standard InChI is InChI=1S/C19H31N3O4S.ClH/c1-15(2)26-18-6-4-17(5-7-18)21-27(24,25)14-19(23)22-12-9-16(10-13-22)8-11-20-3;/h4-7,15-16,20-21H,8-14H2,1-3H3;1H. The SMILES string of the molecule is CNCCC1CCN(C(=O)CS(=O)(=O)Nc2ccc(OC(C)C)cc2)CC1.Cl. The molecule has 0 spiro atoms. The van der Waals surface area contributed by atoms with Gasteiger partial charge in [-0.25, -0.2) is 8.42 Å². The summed E-state index contributed by atoms with van der Waals surface area (Å²) in [6, 6.07) is 6.67. The molecule has 160 valence electrons. The largest absolute Gasteiger partial charge is 0.491 e. The van der Waals surface area contributed by atoms with Crippen molar-refractivity contribution in [2.45, 2.75) is 39.2 Å². The molecule has 0 bridgehead atoms. The first kappa shape index (κ1) is 24.5. The van der Waals surface area contributed by atoms with Gasteiger partial charge in [0.2, 0.25) is 15.9 Å². The van der Waals surface area contributed by atoms with Crippen LogP contribution in [0.1, 0.15) is 33.1 Å². The van der Waals surface area contributed by atoms with Gasteiger partial charge < -0.3 is 15.0 Å². The molecular formula is C19H32ClN3O4S. The summed E-state index contributed by atoms with van der Waals surface area (Å²) >= 11 is 0. The molecule has 2 rings (SSSR count). The zero-order valence-electron chi connectivity index (χ0n) is 16.8. The van der Waals surface area contributed by atoms with E-state index < -0.39 is 15.8 Å². The van der Waals surface area contributed by atoms with Crippen LogP contribution in [0, 0.1) is 5.92 Å². The molecule has 1 aromatic rings. The third-order valence-electron chi connectivity index (χ3n) is 4.58. The Morgan fingerprint density at radius 1 is 1.21 bits per heavy atom. The monoisotopic (exact) mass is 433 g/mol. The fraction of sp³-hybridized carbons (Fsp3) is 0.632. The van der Waals surface area contributed by atoms with Crippen molar-refractivity contribution in [1.82, 2.24) is 10.2 Å². The summed E-state index contributed by atoms with van der Waals surface area (Å²) in [5.74, 6) is 0.403. The molecule has 0 radical (unpaired) electrons. The Morgan fingerprint density at radius 3 is 2.36 bits per heavy atom. The number of carbonyl (C=O) groups excluding carboxylic acids is 1. The Bertz CT molecular complexity index is 702. The number of likely N-dealkylation sites (tertiary alicyclic amines) is 1. The second kappa shape index (κ2) is 11.5. The lowest BCUT2D eigenvalue weighted by atomic mass is 9.93. The molecule has 1 aromatic carbocycles. The predicted molar refractivity (Wildman–Crippen MR) is 115 cm³/mol. The van der Waals surface area contributed by atoms with Crippen molar-refractivity contribution in [2.24, 2.45) is 5.92 Å². The van der Waals surface area contributed by atoms with Crippen LogP contribution < -0.4 is 14.8 Å². The Kier molecular flexibility index (Phi) is 10.1. The smallest absolute Gasteiger partial charge is 0.241 e. The number of nitrogens with one attached hydrogen (secondary N) is 2. The molecule has 9 heteroatoms. The number of halogens is 1. The van der Waals surface area contributed by atoms with Crippen LogP contribution in [0.3, 0.4) is 0 Å². The summed E-state index contributed by atoms with van der Waals surface area (Å²) in [6.45, 7) is 6.07. The minimum Gasteiger partial charge on any atom is -0.491 e. The number of ether oxygens (including phenoxy) is 1. The van der Waals surface area contributed by atoms with Crippen molar-refractivity contribution in [1.29, 1.82) is 0 Å². The maximum Gasteiger partial charge on any atom is 0.241 e. The third-order valence-corrected chi connectivity index (χ3v) is 5.76. The van der Waals surface area contributed by atoms with Crippen LogP contribution in [-0.4, -0.2) is 57.8 Å². The molecule has 1 heterocycles. The van der Waals surface area contributed by atoms with Crippen LogP contribution in [0.15, 0.2) is 24.3 Å². The van der Waals surface area contributed by atoms with Gasteiger partial charge in [0, 0.05) is 18.8 Å². The van der Waals surface area contributed by atoms with Crippen LogP contribution in [-0.2, 0) is 14.8 Å². The number of carbonyl (C=O) groups is 1. The zero-order valence-corrected chi connectivity index (χ0v) is 18.4. The summed E-state index contributed by atoms with van der Waals surface area (Å²) in [5.41, 5.74) is 0.421. The second-order valence-corrected chi connectivity index (χ2v) is 8.99. The molecular weight excluding hydrogens is 402 g/mol. The van der Waals surface area contributed by atoms with E-state index in [2.05, 4.69) is 10.0 Å². The molecule has 28 heavy (non-hydrogen) atoms. The van der Waals surface area contributed by atoms with Gasteiger partial charge in [0.25, 0.3) is 0 Å². The van der Waals surface area contributed by atoms with Crippen molar-refractivity contribution in [3.05, 3.63) is 24.3 Å². The number of hydrogen-bond donors (Lipinski definition) is 2. The molecule has 0 aliphatic carbocycles. The highest BCUT2D eigenvalue weighted by atomic mass is 35.5. The van der Waals surface area contributed by atoms with E-state index in [-0.39, 0.29) is 24.4 Å². The van der Waals surface area contributed by atoms with Gasteiger partial charge in [-0.1, -0.05) is 0 Å². The van der Waals surface area contributed by atoms with Crippen LogP contribution in [0.25, 0.3) is 0 Å². The maximum atomic E-state index is 12.4. The zero-order chi connectivity index (χ0) is 19.9. The summed E-state index contributed by atoms with van der Waals surface area (Å²) in [6.07, 6.45) is 3.00. The number of amides is 1. The Morgan fingerprint density at radius 2 is 1.82 bits per heavy atom. The number of benzene rings is 1. The number of rotatable bonds is 9. The molecule has 0 unspecified atom stereocenters. The van der Waals surface area contributed by atoms with Gasteiger partial charge >= 0.3 is 0 Å². The quantitative estimate of drug-likeness (QED) is 0.624. The van der Waals surface area contributed by atoms with Crippen LogP contribution in [0.4, 0.5) is 5.69 Å². The van der Waals surface area contributed by atoms with E-state index in [1.54, 1.807) is 29.2 Å². The molecule has 1 amide bonds. The van der Waals surface area contributed by atoms with E-state index in [0.717, 1.165) is 25.8 Å². The van der Waals surface area contributed by atoms with E-state index in [1.165, 1.54) is 0 Å². The minimum absolute atomic E-state index is 0. The maximum absolute atomic E-state index is 12.4. The Balaban J connectivity index is 0.00000392. The fourth-order valence-electron chi connectivity index (χ4n) is 3.16. The molecule has 0 atom stereocenters. The summed E-state index contributed by atoms with van der Waals surface area (Å²) in [7, 11) is -1.81. The van der Waals surface area contributed by atoms with Gasteiger partial charge in [0.1, 0.15) is 11.5 Å². The molecule has 1 aliphatic heterocycles. The number of anilines is 1. The van der Waals surface area contributed by atoms with E-state index in [1.807, 2.05) is 20.9 Å². The topological polar surface area (TPSA) is 87.7 Å². The second-order valence-electron chi connectivity index (χ2n) is 7.27. The molecule has 0 saturated carbocycles. The number of nitrogens with zero attached hydrogens (tertiary/aromatic N) is 1. The van der Waals surface area contributed by atoms with Crippen molar-refractivity contribution >= 4 is 34.0 Å². The van der Waals surface area contributed by atoms with Crippen LogP contribution >= 0.6 is 12.4 Å². The van der Waals surface area contributed by atoms with Crippen molar-refractivity contribution < 1.29 is 17.9 Å². The lowest BCUT2D eigenvalue weighted by Gasteiger charge is -2.32. The Hall–Kier alpha value is -1.51. The van der Waals surface area contributed by atoms with E-state index >= 15 is 0 Å². The van der Waals surface area contributed by atoms with Gasteiger partial charge in [-0.2, -0.15) is 0 Å². The van der Waals surface area contributed by atoms with Gasteiger partial charge in [-0.3, -0.25) is 9.52 Å². The molecule has 1 saturated heterocycles. The third kappa shape index (κ3) is 8.24. The number of piperidine rings is 1. The van der Waals surface area contributed by atoms with Crippen LogP contribution in [0.2, 0.25) is 0 Å². The first-order chi connectivity index (χ1) is 12.8.